The van der Waals surface area contributed by atoms with Gasteiger partial charge in [-0.1, -0.05) is 0 Å². The summed E-state index contributed by atoms with van der Waals surface area (Å²) in [5.74, 6) is 0.619. The summed E-state index contributed by atoms with van der Waals surface area (Å²) in [4.78, 5) is 11.3. The minimum Gasteiger partial charge on any atom is -0.496 e. The Morgan fingerprint density at radius 1 is 1.62 bits per heavy atom. The Balaban J connectivity index is 2.67. The SMILES string of the molecule is COc1cc(=O)oc2c1CO[C@@H](C)[C@]2(C)O. The number of rotatable bonds is 1. The van der Waals surface area contributed by atoms with Crippen LogP contribution in [0.1, 0.15) is 25.2 Å². The zero-order chi connectivity index (χ0) is 11.9. The molecular weight excluding hydrogens is 212 g/mol. The van der Waals surface area contributed by atoms with Gasteiger partial charge in [0.25, 0.3) is 0 Å². The van der Waals surface area contributed by atoms with Crippen LogP contribution in [0.15, 0.2) is 15.3 Å². The third kappa shape index (κ3) is 1.52. The number of methoxy groups -OCH3 is 1. The summed E-state index contributed by atoms with van der Waals surface area (Å²) in [5.41, 5.74) is -1.27. The molecule has 0 unspecified atom stereocenters. The summed E-state index contributed by atoms with van der Waals surface area (Å²) in [6.45, 7) is 3.54. The van der Waals surface area contributed by atoms with Crippen LogP contribution in [0, 0.1) is 0 Å². The van der Waals surface area contributed by atoms with Crippen LogP contribution < -0.4 is 10.4 Å². The molecule has 0 aliphatic carbocycles. The lowest BCUT2D eigenvalue weighted by Gasteiger charge is -2.35. The third-order valence-corrected chi connectivity index (χ3v) is 2.97. The van der Waals surface area contributed by atoms with Gasteiger partial charge < -0.3 is 19.0 Å². The highest BCUT2D eigenvalue weighted by molar-refractivity contribution is 5.37. The standard InChI is InChI=1S/C11H14O5/c1-6-11(2,13)10-7(5-15-6)8(14-3)4-9(12)16-10/h4,6,13H,5H2,1-3H3/t6-,11-/m0/s1. The van der Waals surface area contributed by atoms with Crippen molar-refractivity contribution in [2.75, 3.05) is 7.11 Å². The molecule has 1 aliphatic rings. The fraction of sp³-hybridized carbons (Fsp3) is 0.545. The summed E-state index contributed by atoms with van der Waals surface area (Å²) >= 11 is 0. The smallest absolute Gasteiger partial charge is 0.339 e. The van der Waals surface area contributed by atoms with Gasteiger partial charge >= 0.3 is 5.63 Å². The molecule has 0 saturated carbocycles. The van der Waals surface area contributed by atoms with Crippen molar-refractivity contribution < 1.29 is 19.0 Å². The van der Waals surface area contributed by atoms with Crippen LogP contribution in [0.25, 0.3) is 0 Å². The minimum atomic E-state index is -1.32. The van der Waals surface area contributed by atoms with Gasteiger partial charge in [-0.05, 0) is 13.8 Å². The highest BCUT2D eigenvalue weighted by atomic mass is 16.5. The topological polar surface area (TPSA) is 68.9 Å². The van der Waals surface area contributed by atoms with Gasteiger partial charge in [0.15, 0.2) is 5.76 Å². The Morgan fingerprint density at radius 2 is 2.31 bits per heavy atom. The van der Waals surface area contributed by atoms with Crippen molar-refractivity contribution in [3.63, 3.8) is 0 Å². The van der Waals surface area contributed by atoms with Crippen molar-refractivity contribution in [2.45, 2.75) is 32.2 Å². The van der Waals surface area contributed by atoms with E-state index in [2.05, 4.69) is 0 Å². The first kappa shape index (κ1) is 11.2. The molecule has 88 valence electrons. The van der Waals surface area contributed by atoms with E-state index in [0.717, 1.165) is 0 Å². The van der Waals surface area contributed by atoms with E-state index in [1.807, 2.05) is 0 Å². The van der Waals surface area contributed by atoms with E-state index in [1.165, 1.54) is 13.2 Å². The molecule has 2 rings (SSSR count). The molecule has 1 aromatic rings. The Hall–Kier alpha value is -1.33. The zero-order valence-corrected chi connectivity index (χ0v) is 9.44. The summed E-state index contributed by atoms with van der Waals surface area (Å²) < 4.78 is 15.5. The van der Waals surface area contributed by atoms with Gasteiger partial charge in [-0.25, -0.2) is 4.79 Å². The van der Waals surface area contributed by atoms with Crippen molar-refractivity contribution >= 4 is 0 Å². The van der Waals surface area contributed by atoms with Crippen LogP contribution in [0.5, 0.6) is 5.75 Å². The monoisotopic (exact) mass is 226 g/mol. The zero-order valence-electron chi connectivity index (χ0n) is 9.44. The normalized spacial score (nSPS) is 28.6. The summed E-state index contributed by atoms with van der Waals surface area (Å²) in [7, 11) is 1.46. The molecule has 0 spiro atoms. The average Bonchev–Trinajstić information content (AvgIpc) is 2.23. The second-order valence-corrected chi connectivity index (χ2v) is 4.04. The lowest BCUT2D eigenvalue weighted by Crippen LogP contribution is -2.41. The molecule has 2 atom stereocenters. The second-order valence-electron chi connectivity index (χ2n) is 4.04. The lowest BCUT2D eigenvalue weighted by atomic mass is 9.91. The van der Waals surface area contributed by atoms with Gasteiger partial charge in [0.2, 0.25) is 0 Å². The molecule has 0 aromatic carbocycles. The highest BCUT2D eigenvalue weighted by Gasteiger charge is 2.41. The predicted molar refractivity (Wildman–Crippen MR) is 55.4 cm³/mol. The van der Waals surface area contributed by atoms with Crippen molar-refractivity contribution in [3.05, 3.63) is 27.8 Å². The fourth-order valence-corrected chi connectivity index (χ4v) is 1.78. The molecule has 5 nitrogen and oxygen atoms in total. The summed E-state index contributed by atoms with van der Waals surface area (Å²) in [5, 5.41) is 10.2. The molecule has 1 aromatic heterocycles. The minimum absolute atomic E-state index is 0.232. The first-order chi connectivity index (χ1) is 7.46. The molecule has 0 fully saturated rings. The van der Waals surface area contributed by atoms with E-state index in [4.69, 9.17) is 13.9 Å². The molecule has 0 bridgehead atoms. The van der Waals surface area contributed by atoms with Crippen molar-refractivity contribution in [1.29, 1.82) is 0 Å². The van der Waals surface area contributed by atoms with Crippen LogP contribution in [-0.4, -0.2) is 18.3 Å². The number of hydrogen-bond donors (Lipinski definition) is 1. The third-order valence-electron chi connectivity index (χ3n) is 2.97. The Labute approximate surface area is 92.6 Å². The predicted octanol–water partition coefficient (Wildman–Crippen LogP) is 0.775. The molecule has 5 heteroatoms. The van der Waals surface area contributed by atoms with Crippen LogP contribution in [0.2, 0.25) is 0 Å². The largest absolute Gasteiger partial charge is 0.496 e. The van der Waals surface area contributed by atoms with Crippen LogP contribution in [-0.2, 0) is 16.9 Å². The van der Waals surface area contributed by atoms with Gasteiger partial charge in [-0.2, -0.15) is 0 Å². The first-order valence-corrected chi connectivity index (χ1v) is 5.02. The number of hydrogen-bond acceptors (Lipinski definition) is 5. The maximum absolute atomic E-state index is 11.3. The summed E-state index contributed by atoms with van der Waals surface area (Å²) in [6, 6.07) is 1.24. The van der Waals surface area contributed by atoms with E-state index in [9.17, 15) is 9.90 Å². The molecule has 1 N–H and O–H groups in total. The molecule has 2 heterocycles. The van der Waals surface area contributed by atoms with Gasteiger partial charge in [-0.15, -0.1) is 0 Å². The number of aliphatic hydroxyl groups is 1. The molecule has 0 amide bonds. The van der Waals surface area contributed by atoms with Gasteiger partial charge in [0.1, 0.15) is 11.4 Å². The fourth-order valence-electron chi connectivity index (χ4n) is 1.78. The first-order valence-electron chi connectivity index (χ1n) is 5.02. The van der Waals surface area contributed by atoms with E-state index >= 15 is 0 Å². The summed E-state index contributed by atoms with van der Waals surface area (Å²) in [6.07, 6.45) is -0.435. The lowest BCUT2D eigenvalue weighted by molar-refractivity contribution is -0.131. The Kier molecular flexibility index (Phi) is 2.52. The van der Waals surface area contributed by atoms with Crippen molar-refractivity contribution in [1.82, 2.24) is 0 Å². The van der Waals surface area contributed by atoms with E-state index < -0.39 is 17.3 Å². The number of ether oxygens (including phenoxy) is 2. The second kappa shape index (κ2) is 3.61. The quantitative estimate of drug-likeness (QED) is 0.766. The van der Waals surface area contributed by atoms with Gasteiger partial charge in [0, 0.05) is 0 Å². The molecule has 0 radical (unpaired) electrons. The van der Waals surface area contributed by atoms with E-state index in [-0.39, 0.29) is 12.4 Å². The molecular formula is C11H14O5. The Morgan fingerprint density at radius 3 is 2.94 bits per heavy atom. The van der Waals surface area contributed by atoms with Crippen molar-refractivity contribution in [3.8, 4) is 5.75 Å². The van der Waals surface area contributed by atoms with E-state index in [1.54, 1.807) is 13.8 Å². The maximum atomic E-state index is 11.3. The average molecular weight is 226 g/mol. The molecule has 1 aliphatic heterocycles. The highest BCUT2D eigenvalue weighted by Crippen LogP contribution is 2.37. The van der Waals surface area contributed by atoms with Crippen LogP contribution >= 0.6 is 0 Å². The molecule has 16 heavy (non-hydrogen) atoms. The van der Waals surface area contributed by atoms with E-state index in [0.29, 0.717) is 11.3 Å². The van der Waals surface area contributed by atoms with Gasteiger partial charge in [-0.3, -0.25) is 0 Å². The van der Waals surface area contributed by atoms with Crippen LogP contribution in [0.4, 0.5) is 0 Å². The molecule has 0 saturated heterocycles. The Bertz CT molecular complexity index is 460. The maximum Gasteiger partial charge on any atom is 0.339 e. The van der Waals surface area contributed by atoms with Crippen LogP contribution in [0.3, 0.4) is 0 Å². The van der Waals surface area contributed by atoms with Crippen molar-refractivity contribution in [2.24, 2.45) is 0 Å². The van der Waals surface area contributed by atoms with Gasteiger partial charge in [0.05, 0.1) is 31.5 Å². The number of fused-ring (bicyclic) bond motifs is 1.